The molecule has 0 spiro atoms. The predicted octanol–water partition coefficient (Wildman–Crippen LogP) is 3.25. The number of carbonyl (C=O) groups excluding carboxylic acids is 1. The van der Waals surface area contributed by atoms with Gasteiger partial charge in [0.15, 0.2) is 0 Å². The van der Waals surface area contributed by atoms with Crippen LogP contribution < -0.4 is 10.3 Å². The van der Waals surface area contributed by atoms with Crippen molar-refractivity contribution in [3.8, 4) is 5.75 Å². The highest BCUT2D eigenvalue weighted by molar-refractivity contribution is 6.31. The van der Waals surface area contributed by atoms with Crippen LogP contribution in [0.25, 0.3) is 10.9 Å². The van der Waals surface area contributed by atoms with Crippen LogP contribution in [-0.2, 0) is 17.9 Å². The van der Waals surface area contributed by atoms with E-state index in [0.717, 1.165) is 24.2 Å². The first-order valence-corrected chi connectivity index (χ1v) is 9.50. The van der Waals surface area contributed by atoms with Crippen LogP contribution in [0.4, 0.5) is 0 Å². The van der Waals surface area contributed by atoms with Gasteiger partial charge < -0.3 is 9.64 Å². The lowest BCUT2D eigenvalue weighted by Gasteiger charge is -2.23. The Morgan fingerprint density at radius 1 is 1.25 bits per heavy atom. The molecule has 0 unspecified atom stereocenters. The van der Waals surface area contributed by atoms with Gasteiger partial charge in [-0.2, -0.15) is 0 Å². The molecule has 0 N–H and O–H groups in total. The monoisotopic (exact) mass is 397 g/mol. The summed E-state index contributed by atoms with van der Waals surface area (Å²) in [6.07, 6.45) is 3.40. The number of nitrogens with zero attached hydrogens (tertiary/aromatic N) is 3. The van der Waals surface area contributed by atoms with E-state index in [4.69, 9.17) is 16.3 Å². The first-order valence-electron chi connectivity index (χ1n) is 9.12. The van der Waals surface area contributed by atoms with Crippen LogP contribution in [0.3, 0.4) is 0 Å². The number of methoxy groups -OCH3 is 1. The van der Waals surface area contributed by atoms with Crippen molar-refractivity contribution in [2.24, 2.45) is 0 Å². The number of ether oxygens (including phenoxy) is 1. The van der Waals surface area contributed by atoms with Gasteiger partial charge in [0, 0.05) is 17.6 Å². The zero-order valence-corrected chi connectivity index (χ0v) is 16.2. The highest BCUT2D eigenvalue weighted by Crippen LogP contribution is 2.29. The third-order valence-corrected chi connectivity index (χ3v) is 5.15. The molecule has 0 atom stereocenters. The summed E-state index contributed by atoms with van der Waals surface area (Å²) in [5, 5.41) is 0.880. The molecule has 0 radical (unpaired) electrons. The summed E-state index contributed by atoms with van der Waals surface area (Å²) in [5.74, 6) is 0.684. The summed E-state index contributed by atoms with van der Waals surface area (Å²) in [4.78, 5) is 31.8. The fourth-order valence-electron chi connectivity index (χ4n) is 3.22. The number of hydrogen-bond donors (Lipinski definition) is 0. The fraction of sp³-hybridized carbons (Fsp3) is 0.286. The first-order chi connectivity index (χ1) is 13.5. The van der Waals surface area contributed by atoms with Gasteiger partial charge in [-0.3, -0.25) is 14.2 Å². The molecule has 3 aromatic rings. The molecule has 6 nitrogen and oxygen atoms in total. The Labute approximate surface area is 167 Å². The Balaban J connectivity index is 1.56. The normalized spacial score (nSPS) is 13.5. The molecule has 28 heavy (non-hydrogen) atoms. The highest BCUT2D eigenvalue weighted by Gasteiger charge is 2.32. The van der Waals surface area contributed by atoms with Gasteiger partial charge in [-0.25, -0.2) is 4.98 Å². The molecule has 0 bridgehead atoms. The van der Waals surface area contributed by atoms with Crippen molar-refractivity contribution in [3.05, 3.63) is 69.7 Å². The molecule has 0 saturated heterocycles. The Kier molecular flexibility index (Phi) is 5.05. The largest absolute Gasteiger partial charge is 0.497 e. The standard InChI is InChI=1S/C21H20ClN3O3/c1-28-17-7-2-14(3-8-17)11-25(16-5-6-16)20(26)12-24-13-23-19-9-4-15(22)10-18(19)21(24)27/h2-4,7-10,13,16H,5-6,11-12H2,1H3. The molecule has 1 heterocycles. The highest BCUT2D eigenvalue weighted by atomic mass is 35.5. The lowest BCUT2D eigenvalue weighted by Crippen LogP contribution is -2.37. The summed E-state index contributed by atoms with van der Waals surface area (Å²) in [6.45, 7) is 0.468. The van der Waals surface area contributed by atoms with Gasteiger partial charge in [0.25, 0.3) is 5.56 Å². The Hall–Kier alpha value is -2.86. The van der Waals surface area contributed by atoms with E-state index in [1.165, 1.54) is 10.9 Å². The number of fused-ring (bicyclic) bond motifs is 1. The average Bonchev–Trinajstić information content (AvgIpc) is 3.54. The van der Waals surface area contributed by atoms with Crippen LogP contribution in [-0.4, -0.2) is 33.5 Å². The van der Waals surface area contributed by atoms with E-state index in [1.54, 1.807) is 25.3 Å². The summed E-state index contributed by atoms with van der Waals surface area (Å²) in [6, 6.07) is 12.9. The average molecular weight is 398 g/mol. The van der Waals surface area contributed by atoms with Gasteiger partial charge in [-0.1, -0.05) is 23.7 Å². The maximum absolute atomic E-state index is 13.0. The minimum Gasteiger partial charge on any atom is -0.497 e. The van der Waals surface area contributed by atoms with Crippen molar-refractivity contribution >= 4 is 28.4 Å². The Bertz CT molecular complexity index is 1070. The number of amides is 1. The van der Waals surface area contributed by atoms with Crippen LogP contribution in [0.1, 0.15) is 18.4 Å². The van der Waals surface area contributed by atoms with Gasteiger partial charge >= 0.3 is 0 Å². The molecule has 1 aliphatic rings. The van der Waals surface area contributed by atoms with E-state index in [9.17, 15) is 9.59 Å². The minimum atomic E-state index is -0.263. The molecule has 1 fully saturated rings. The molecule has 1 saturated carbocycles. The van der Waals surface area contributed by atoms with Crippen LogP contribution in [0.5, 0.6) is 5.75 Å². The molecule has 1 aliphatic carbocycles. The third kappa shape index (κ3) is 3.87. The second-order valence-electron chi connectivity index (χ2n) is 6.94. The van der Waals surface area contributed by atoms with Crippen molar-refractivity contribution in [1.82, 2.24) is 14.5 Å². The van der Waals surface area contributed by atoms with Crippen molar-refractivity contribution < 1.29 is 9.53 Å². The molecule has 1 aromatic heterocycles. The van der Waals surface area contributed by atoms with Gasteiger partial charge in [-0.15, -0.1) is 0 Å². The Morgan fingerprint density at radius 3 is 2.68 bits per heavy atom. The number of benzene rings is 2. The second-order valence-corrected chi connectivity index (χ2v) is 7.38. The second kappa shape index (κ2) is 7.64. The SMILES string of the molecule is COc1ccc(CN(C(=O)Cn2cnc3ccc(Cl)cc3c2=O)C2CC2)cc1. The summed E-state index contributed by atoms with van der Waals surface area (Å²) in [5.41, 5.74) is 1.33. The molecule has 4 rings (SSSR count). The predicted molar refractivity (Wildman–Crippen MR) is 108 cm³/mol. The number of halogens is 1. The summed E-state index contributed by atoms with van der Waals surface area (Å²) >= 11 is 6.00. The van der Waals surface area contributed by atoms with Crippen LogP contribution in [0.15, 0.2) is 53.6 Å². The number of carbonyl (C=O) groups is 1. The van der Waals surface area contributed by atoms with Crippen LogP contribution in [0, 0.1) is 0 Å². The van der Waals surface area contributed by atoms with E-state index in [1.807, 2.05) is 29.2 Å². The van der Waals surface area contributed by atoms with Gasteiger partial charge in [-0.05, 0) is 48.7 Å². The molecule has 144 valence electrons. The first kappa shape index (κ1) is 18.5. The van der Waals surface area contributed by atoms with Crippen LogP contribution in [0.2, 0.25) is 5.02 Å². The zero-order valence-electron chi connectivity index (χ0n) is 15.5. The third-order valence-electron chi connectivity index (χ3n) is 4.91. The van der Waals surface area contributed by atoms with Crippen molar-refractivity contribution in [2.75, 3.05) is 7.11 Å². The fourth-order valence-corrected chi connectivity index (χ4v) is 3.39. The van der Waals surface area contributed by atoms with Crippen molar-refractivity contribution in [3.63, 3.8) is 0 Å². The maximum Gasteiger partial charge on any atom is 0.261 e. The number of rotatable bonds is 6. The van der Waals surface area contributed by atoms with Gasteiger partial charge in [0.05, 0.1) is 24.3 Å². The Morgan fingerprint density at radius 2 is 2.00 bits per heavy atom. The lowest BCUT2D eigenvalue weighted by atomic mass is 10.2. The van der Waals surface area contributed by atoms with Gasteiger partial charge in [0.2, 0.25) is 5.91 Å². The number of hydrogen-bond acceptors (Lipinski definition) is 4. The smallest absolute Gasteiger partial charge is 0.261 e. The topological polar surface area (TPSA) is 64.4 Å². The van der Waals surface area contributed by atoms with E-state index in [0.29, 0.717) is 22.5 Å². The van der Waals surface area contributed by atoms with Crippen LogP contribution >= 0.6 is 11.6 Å². The number of aromatic nitrogens is 2. The molecular weight excluding hydrogens is 378 g/mol. The van der Waals surface area contributed by atoms with Gasteiger partial charge in [0.1, 0.15) is 12.3 Å². The zero-order chi connectivity index (χ0) is 19.7. The summed E-state index contributed by atoms with van der Waals surface area (Å²) in [7, 11) is 1.62. The molecule has 7 heteroatoms. The molecule has 2 aromatic carbocycles. The van der Waals surface area contributed by atoms with E-state index >= 15 is 0 Å². The quantitative estimate of drug-likeness (QED) is 0.640. The van der Waals surface area contributed by atoms with E-state index < -0.39 is 0 Å². The molecule has 0 aliphatic heterocycles. The van der Waals surface area contributed by atoms with Crippen molar-refractivity contribution in [1.29, 1.82) is 0 Å². The van der Waals surface area contributed by atoms with E-state index in [2.05, 4.69) is 4.98 Å². The molecule has 1 amide bonds. The maximum atomic E-state index is 13.0. The molecular formula is C21H20ClN3O3. The van der Waals surface area contributed by atoms with E-state index in [-0.39, 0.29) is 24.1 Å². The van der Waals surface area contributed by atoms with Crippen molar-refractivity contribution in [2.45, 2.75) is 32.0 Å². The lowest BCUT2D eigenvalue weighted by molar-refractivity contribution is -0.133. The minimum absolute atomic E-state index is 0.0407. The summed E-state index contributed by atoms with van der Waals surface area (Å²) < 4.78 is 6.53.